The number of nitrogens with zero attached hydrogens (tertiary/aromatic N) is 5. The van der Waals surface area contributed by atoms with Gasteiger partial charge in [-0.3, -0.25) is 19.2 Å². The van der Waals surface area contributed by atoms with Gasteiger partial charge >= 0.3 is 30.3 Å². The molecule has 24 heteroatoms. The van der Waals surface area contributed by atoms with E-state index >= 15 is 8.78 Å². The average molecular weight is 1270 g/mol. The number of likely N-dealkylation sites (tertiary alicyclic amines) is 3. The van der Waals surface area contributed by atoms with Gasteiger partial charge < -0.3 is 54.1 Å². The van der Waals surface area contributed by atoms with E-state index in [9.17, 15) is 50.3 Å². The van der Waals surface area contributed by atoms with E-state index in [1.807, 2.05) is 9.80 Å². The maximum absolute atomic E-state index is 17.0. The third-order valence-corrected chi connectivity index (χ3v) is 19.0. The van der Waals surface area contributed by atoms with Crippen LogP contribution in [0.5, 0.6) is 11.5 Å². The summed E-state index contributed by atoms with van der Waals surface area (Å²) < 4.78 is 137. The molecule has 0 aromatic heterocycles. The molecule has 4 atom stereocenters. The standard InChI is InChI=1S/C34H42F4N4O5.C32H39F4N3O4/c1-4-47-30(43)24-13-15-40(16-14-24)29-19-25(34(36,37)38)7-10-27(29)22-11-17-41(18-12-22)31(44)33(35)21-42(32(45)39-2)20-28(33)23-5-8-26(46-3)9-6-23;1-3-43-29(40)23-12-14-38(15-13-23)28-18-24(32(34,35)36)6-9-26(28)21-10-16-39(17-11-21)30(41)31(33)20-37-19-27(31)22-4-7-25(42-2)8-5-22/h5-10,19,22,24,28H,4,11-18,20-21H2,1-3H3,(H,39,45);4-9,18,21,23,27,37H,3,10-17,19-20H2,1-2H3/t28-,33-;27-,31-/m00/s1. The summed E-state index contributed by atoms with van der Waals surface area (Å²) in [5, 5.41) is 5.56. The van der Waals surface area contributed by atoms with Gasteiger partial charge in [0.25, 0.3) is 11.8 Å². The van der Waals surface area contributed by atoms with Crippen LogP contribution < -0.4 is 29.9 Å². The zero-order chi connectivity index (χ0) is 64.7. The second-order valence-corrected chi connectivity index (χ2v) is 24.1. The van der Waals surface area contributed by atoms with Gasteiger partial charge in [0.15, 0.2) is 0 Å². The Morgan fingerprint density at radius 1 is 0.544 bits per heavy atom. The summed E-state index contributed by atoms with van der Waals surface area (Å²) in [6.45, 7) is 6.72. The largest absolute Gasteiger partial charge is 0.497 e. The Bertz CT molecular complexity index is 3140. The first kappa shape index (κ1) is 67.0. The smallest absolute Gasteiger partial charge is 0.416 e. The molecular formula is C66H81F8N7O9. The number of urea groups is 1. The van der Waals surface area contributed by atoms with Gasteiger partial charge in [0.1, 0.15) is 11.5 Å². The first-order chi connectivity index (χ1) is 42.9. The minimum Gasteiger partial charge on any atom is -0.497 e. The summed E-state index contributed by atoms with van der Waals surface area (Å²) in [5.41, 5.74) is -2.09. The number of methoxy groups -OCH3 is 2. The van der Waals surface area contributed by atoms with Crippen molar-refractivity contribution in [3.8, 4) is 11.5 Å². The molecule has 0 saturated carbocycles. The number of hydrogen-bond acceptors (Lipinski definition) is 12. The Morgan fingerprint density at radius 3 is 1.32 bits per heavy atom. The Labute approximate surface area is 519 Å². The highest BCUT2D eigenvalue weighted by atomic mass is 19.4. The highest BCUT2D eigenvalue weighted by Gasteiger charge is 2.57. The quantitative estimate of drug-likeness (QED) is 0.0909. The van der Waals surface area contributed by atoms with E-state index in [0.717, 1.165) is 28.8 Å². The summed E-state index contributed by atoms with van der Waals surface area (Å²) in [7, 11) is 4.53. The molecule has 2 N–H and O–H groups in total. The Hall–Kier alpha value is -7.37. The third kappa shape index (κ3) is 14.7. The minimum atomic E-state index is -4.52. The number of carbonyl (C=O) groups is 5. The predicted molar refractivity (Wildman–Crippen MR) is 321 cm³/mol. The van der Waals surface area contributed by atoms with Crippen molar-refractivity contribution in [3.63, 3.8) is 0 Å². The highest BCUT2D eigenvalue weighted by Crippen LogP contribution is 2.46. The molecule has 0 aliphatic carbocycles. The molecule has 90 heavy (non-hydrogen) atoms. The van der Waals surface area contributed by atoms with Crippen LogP contribution in [-0.2, 0) is 41.0 Å². The van der Waals surface area contributed by atoms with Crippen molar-refractivity contribution in [1.29, 1.82) is 0 Å². The number of esters is 2. The van der Waals surface area contributed by atoms with Crippen LogP contribution >= 0.6 is 0 Å². The lowest BCUT2D eigenvalue weighted by atomic mass is 9.83. The number of halogens is 8. The molecule has 10 rings (SSSR count). The molecule has 6 saturated heterocycles. The number of rotatable bonds is 14. The molecule has 4 amide bonds. The van der Waals surface area contributed by atoms with Gasteiger partial charge in [0.2, 0.25) is 11.3 Å². The Balaban J connectivity index is 0.000000214. The van der Waals surface area contributed by atoms with E-state index < -0.39 is 71.0 Å². The summed E-state index contributed by atoms with van der Waals surface area (Å²) in [4.78, 5) is 72.7. The number of piperidine rings is 4. The van der Waals surface area contributed by atoms with E-state index in [2.05, 4.69) is 10.6 Å². The van der Waals surface area contributed by atoms with Gasteiger partial charge in [-0.2, -0.15) is 26.3 Å². The first-order valence-electron chi connectivity index (χ1n) is 31.1. The zero-order valence-electron chi connectivity index (χ0n) is 51.5. The number of benzene rings is 4. The summed E-state index contributed by atoms with van der Waals surface area (Å²) in [6, 6.07) is 21.0. The molecule has 16 nitrogen and oxygen atoms in total. The van der Waals surface area contributed by atoms with Gasteiger partial charge in [-0.25, -0.2) is 13.6 Å². The Kier molecular flexibility index (Phi) is 21.2. The van der Waals surface area contributed by atoms with Crippen molar-refractivity contribution in [2.24, 2.45) is 11.8 Å². The number of alkyl halides is 8. The number of anilines is 2. The fourth-order valence-electron chi connectivity index (χ4n) is 13.9. The fraction of sp³-hybridized carbons (Fsp3) is 0.561. The lowest BCUT2D eigenvalue weighted by molar-refractivity contribution is -0.149. The summed E-state index contributed by atoms with van der Waals surface area (Å²) in [6.07, 6.45) is -5.15. The molecular weight excluding hydrogens is 1190 g/mol. The predicted octanol–water partition coefficient (Wildman–Crippen LogP) is 10.6. The summed E-state index contributed by atoms with van der Waals surface area (Å²) in [5.74, 6) is -2.89. The molecule has 6 fully saturated rings. The molecule has 0 radical (unpaired) electrons. The minimum absolute atomic E-state index is 0.0203. The first-order valence-corrected chi connectivity index (χ1v) is 31.1. The third-order valence-electron chi connectivity index (χ3n) is 19.0. The number of carbonyl (C=O) groups excluding carboxylic acids is 5. The molecule has 0 bridgehead atoms. The number of nitrogens with one attached hydrogen (secondary N) is 2. The van der Waals surface area contributed by atoms with Crippen molar-refractivity contribution in [2.45, 2.75) is 113 Å². The van der Waals surface area contributed by atoms with Gasteiger partial charge in [-0.1, -0.05) is 36.4 Å². The fourth-order valence-corrected chi connectivity index (χ4v) is 13.9. The topological polar surface area (TPSA) is 163 Å². The van der Waals surface area contributed by atoms with Crippen LogP contribution in [0.2, 0.25) is 0 Å². The van der Waals surface area contributed by atoms with Gasteiger partial charge in [-0.15, -0.1) is 0 Å². The molecule has 6 aliphatic rings. The maximum Gasteiger partial charge on any atom is 0.416 e. The number of hydrogen-bond donors (Lipinski definition) is 2. The van der Waals surface area contributed by atoms with E-state index in [-0.39, 0.29) is 68.4 Å². The molecule has 0 spiro atoms. The van der Waals surface area contributed by atoms with Crippen LogP contribution in [-0.4, -0.2) is 169 Å². The van der Waals surface area contributed by atoms with Gasteiger partial charge in [0.05, 0.1) is 56.9 Å². The maximum atomic E-state index is 17.0. The van der Waals surface area contributed by atoms with Crippen molar-refractivity contribution in [2.75, 3.05) is 123 Å². The van der Waals surface area contributed by atoms with Crippen LogP contribution in [0.1, 0.15) is 122 Å². The van der Waals surface area contributed by atoms with Crippen molar-refractivity contribution in [1.82, 2.24) is 25.3 Å². The monoisotopic (exact) mass is 1270 g/mol. The molecule has 490 valence electrons. The van der Waals surface area contributed by atoms with Crippen molar-refractivity contribution >= 4 is 41.2 Å². The average Bonchev–Trinajstić information content (AvgIpc) is 1.51. The van der Waals surface area contributed by atoms with Gasteiger partial charge in [-0.05, 0) is 148 Å². The second-order valence-electron chi connectivity index (χ2n) is 24.1. The second kappa shape index (κ2) is 28.4. The van der Waals surface area contributed by atoms with E-state index in [4.69, 9.17) is 18.9 Å². The lowest BCUT2D eigenvalue weighted by Gasteiger charge is -2.39. The van der Waals surface area contributed by atoms with Crippen molar-refractivity contribution < 1.29 is 78.0 Å². The lowest BCUT2D eigenvalue weighted by Crippen LogP contribution is -2.53. The molecule has 4 aromatic rings. The van der Waals surface area contributed by atoms with Crippen LogP contribution in [0, 0.1) is 11.8 Å². The zero-order valence-corrected chi connectivity index (χ0v) is 51.5. The molecule has 4 aromatic carbocycles. The molecule has 0 unspecified atom stereocenters. The molecule has 6 heterocycles. The highest BCUT2D eigenvalue weighted by molar-refractivity contribution is 5.89. The van der Waals surface area contributed by atoms with Crippen molar-refractivity contribution in [3.05, 3.63) is 118 Å². The van der Waals surface area contributed by atoms with Gasteiger partial charge in [0, 0.05) is 102 Å². The van der Waals surface area contributed by atoms with Crippen LogP contribution in [0.25, 0.3) is 0 Å². The molecule has 6 aliphatic heterocycles. The SMILES string of the molecule is CCOC(=O)C1CCN(c2cc(C(F)(F)F)ccc2C2CCN(C(=O)[C@]3(F)CN(C(=O)NC)C[C@H]3c3ccc(OC)cc3)CC2)CC1.CCOC(=O)C1CCN(c2cc(C(F)(F)F)ccc2C2CCN(C(=O)[C@]3(F)CNC[C@H]3c3ccc(OC)cc3)CC2)CC1. The van der Waals surface area contributed by atoms with Crippen LogP contribution in [0.4, 0.5) is 51.3 Å². The summed E-state index contributed by atoms with van der Waals surface area (Å²) >= 11 is 0. The number of amides is 4. The van der Waals surface area contributed by atoms with E-state index in [1.54, 1.807) is 80.5 Å². The van der Waals surface area contributed by atoms with Crippen LogP contribution in [0.15, 0.2) is 84.9 Å². The normalized spacial score (nSPS) is 23.2. The van der Waals surface area contributed by atoms with E-state index in [1.165, 1.54) is 42.2 Å². The van der Waals surface area contributed by atoms with E-state index in [0.29, 0.717) is 132 Å². The van der Waals surface area contributed by atoms with Crippen LogP contribution in [0.3, 0.4) is 0 Å². The number of ether oxygens (including phenoxy) is 4. The Morgan fingerprint density at radius 2 is 0.944 bits per heavy atom.